The van der Waals surface area contributed by atoms with Crippen molar-refractivity contribution < 1.29 is 27.8 Å². The molecule has 0 aliphatic rings. The van der Waals surface area contributed by atoms with Crippen LogP contribution in [0.1, 0.15) is 16.8 Å². The molecule has 1 aromatic heterocycles. The Hall–Kier alpha value is -1.83. The Morgan fingerprint density at radius 3 is 2.61 bits per heavy atom. The van der Waals surface area contributed by atoms with Gasteiger partial charge in [0.05, 0.1) is 6.42 Å². The minimum absolute atomic E-state index is 0.0553. The Balaban J connectivity index is 3.24. The van der Waals surface area contributed by atoms with Gasteiger partial charge in [-0.2, -0.15) is 0 Å². The fraction of sp³-hybridized carbons (Fsp3) is 0.400. The standard InChI is InChI=1S/C10H11F3N2O3/c1-5-2-6(3-8(16)17)7(4-14)9(15-5)18-10(11,12)13/h2H,3-4,14H2,1H3,(H,16,17). The van der Waals surface area contributed by atoms with Crippen molar-refractivity contribution in [3.63, 3.8) is 0 Å². The summed E-state index contributed by atoms with van der Waals surface area (Å²) in [6, 6.07) is 1.37. The van der Waals surface area contributed by atoms with Crippen molar-refractivity contribution in [2.24, 2.45) is 5.73 Å². The lowest BCUT2D eigenvalue weighted by Gasteiger charge is -2.14. The number of pyridine rings is 1. The van der Waals surface area contributed by atoms with Crippen LogP contribution in [0.2, 0.25) is 0 Å². The number of alkyl halides is 3. The number of hydrogen-bond donors (Lipinski definition) is 2. The molecule has 18 heavy (non-hydrogen) atoms. The summed E-state index contributed by atoms with van der Waals surface area (Å²) in [7, 11) is 0. The highest BCUT2D eigenvalue weighted by molar-refractivity contribution is 5.71. The van der Waals surface area contributed by atoms with Gasteiger partial charge in [-0.15, -0.1) is 13.2 Å². The fourth-order valence-corrected chi connectivity index (χ4v) is 1.47. The number of carboxylic acids is 1. The van der Waals surface area contributed by atoms with Gasteiger partial charge in [0.25, 0.3) is 0 Å². The van der Waals surface area contributed by atoms with E-state index in [0.717, 1.165) is 0 Å². The molecule has 0 bridgehead atoms. The molecule has 0 fully saturated rings. The zero-order valence-electron chi connectivity index (χ0n) is 9.41. The van der Waals surface area contributed by atoms with Crippen LogP contribution in [-0.4, -0.2) is 22.4 Å². The van der Waals surface area contributed by atoms with Crippen LogP contribution >= 0.6 is 0 Å². The van der Waals surface area contributed by atoms with E-state index in [1.54, 1.807) is 0 Å². The first kappa shape index (κ1) is 14.2. The van der Waals surface area contributed by atoms with Crippen molar-refractivity contribution in [2.75, 3.05) is 0 Å². The molecule has 5 nitrogen and oxygen atoms in total. The topological polar surface area (TPSA) is 85.4 Å². The number of aliphatic carboxylic acids is 1. The molecule has 3 N–H and O–H groups in total. The quantitative estimate of drug-likeness (QED) is 0.857. The Bertz CT molecular complexity index is 460. The van der Waals surface area contributed by atoms with E-state index in [2.05, 4.69) is 9.72 Å². The summed E-state index contributed by atoms with van der Waals surface area (Å²) in [5.74, 6) is -1.87. The third-order valence-corrected chi connectivity index (χ3v) is 2.06. The van der Waals surface area contributed by atoms with E-state index >= 15 is 0 Å². The van der Waals surface area contributed by atoms with Crippen molar-refractivity contribution in [3.8, 4) is 5.88 Å². The summed E-state index contributed by atoms with van der Waals surface area (Å²) in [5, 5.41) is 8.68. The summed E-state index contributed by atoms with van der Waals surface area (Å²) in [4.78, 5) is 14.2. The second-order valence-electron chi connectivity index (χ2n) is 3.53. The highest BCUT2D eigenvalue weighted by Crippen LogP contribution is 2.27. The average Bonchev–Trinajstić information content (AvgIpc) is 2.13. The molecule has 0 amide bonds. The lowest BCUT2D eigenvalue weighted by atomic mass is 10.1. The second-order valence-corrected chi connectivity index (χ2v) is 3.53. The fourth-order valence-electron chi connectivity index (χ4n) is 1.47. The molecule has 0 aliphatic carbocycles. The predicted octanol–water partition coefficient (Wildman–Crippen LogP) is 1.37. The van der Waals surface area contributed by atoms with E-state index in [1.807, 2.05) is 0 Å². The van der Waals surface area contributed by atoms with Gasteiger partial charge in [0.2, 0.25) is 5.88 Å². The van der Waals surface area contributed by atoms with Crippen LogP contribution in [0, 0.1) is 6.92 Å². The SMILES string of the molecule is Cc1cc(CC(=O)O)c(CN)c(OC(F)(F)F)n1. The number of carboxylic acid groups (broad SMARTS) is 1. The van der Waals surface area contributed by atoms with Gasteiger partial charge in [0, 0.05) is 17.8 Å². The molecule has 0 spiro atoms. The van der Waals surface area contributed by atoms with E-state index in [9.17, 15) is 18.0 Å². The summed E-state index contributed by atoms with van der Waals surface area (Å²) in [6.07, 6.45) is -5.34. The van der Waals surface area contributed by atoms with Crippen LogP contribution in [0.5, 0.6) is 5.88 Å². The van der Waals surface area contributed by atoms with Gasteiger partial charge < -0.3 is 15.6 Å². The zero-order chi connectivity index (χ0) is 13.9. The molecule has 100 valence electrons. The highest BCUT2D eigenvalue weighted by Gasteiger charge is 2.33. The molecule has 0 saturated carbocycles. The molecular formula is C10H11F3N2O3. The van der Waals surface area contributed by atoms with Crippen molar-refractivity contribution in [2.45, 2.75) is 26.3 Å². The molecule has 0 saturated heterocycles. The number of ether oxygens (including phenoxy) is 1. The normalized spacial score (nSPS) is 11.4. The minimum atomic E-state index is -4.90. The maximum Gasteiger partial charge on any atom is 0.574 e. The van der Waals surface area contributed by atoms with Crippen LogP contribution in [-0.2, 0) is 17.8 Å². The van der Waals surface area contributed by atoms with Crippen LogP contribution in [0.25, 0.3) is 0 Å². The number of aromatic nitrogens is 1. The predicted molar refractivity (Wildman–Crippen MR) is 54.9 cm³/mol. The maximum atomic E-state index is 12.2. The van der Waals surface area contributed by atoms with Crippen molar-refractivity contribution in [3.05, 3.63) is 22.9 Å². The van der Waals surface area contributed by atoms with Gasteiger partial charge in [-0.05, 0) is 18.6 Å². The minimum Gasteiger partial charge on any atom is -0.481 e. The van der Waals surface area contributed by atoms with E-state index in [1.165, 1.54) is 13.0 Å². The smallest absolute Gasteiger partial charge is 0.481 e. The number of nitrogens with two attached hydrogens (primary N) is 1. The summed E-state index contributed by atoms with van der Waals surface area (Å²) >= 11 is 0. The van der Waals surface area contributed by atoms with Crippen LogP contribution < -0.4 is 10.5 Å². The van der Waals surface area contributed by atoms with Crippen LogP contribution in [0.15, 0.2) is 6.07 Å². The lowest BCUT2D eigenvalue weighted by Crippen LogP contribution is -2.21. The number of halogens is 3. The first-order valence-corrected chi connectivity index (χ1v) is 4.90. The van der Waals surface area contributed by atoms with Gasteiger partial charge in [0.15, 0.2) is 0 Å². The van der Waals surface area contributed by atoms with Gasteiger partial charge in [-0.1, -0.05) is 0 Å². The van der Waals surface area contributed by atoms with E-state index in [4.69, 9.17) is 10.8 Å². The van der Waals surface area contributed by atoms with Crippen molar-refractivity contribution >= 4 is 5.97 Å². The molecule has 0 unspecified atom stereocenters. The Morgan fingerprint density at radius 1 is 1.56 bits per heavy atom. The molecule has 1 aromatic rings. The number of nitrogens with zero attached hydrogens (tertiary/aromatic N) is 1. The van der Waals surface area contributed by atoms with E-state index in [0.29, 0.717) is 0 Å². The third-order valence-electron chi connectivity index (χ3n) is 2.06. The zero-order valence-corrected chi connectivity index (χ0v) is 9.41. The van der Waals surface area contributed by atoms with Crippen LogP contribution in [0.3, 0.4) is 0 Å². The summed E-state index contributed by atoms with van der Waals surface area (Å²) in [5.41, 5.74) is 5.65. The lowest BCUT2D eigenvalue weighted by molar-refractivity contribution is -0.276. The molecule has 0 aliphatic heterocycles. The molecular weight excluding hydrogens is 253 g/mol. The second kappa shape index (κ2) is 5.21. The highest BCUT2D eigenvalue weighted by atomic mass is 19.4. The summed E-state index contributed by atoms with van der Waals surface area (Å²) < 4.78 is 40.2. The number of carbonyl (C=O) groups is 1. The first-order chi connectivity index (χ1) is 8.23. The molecule has 0 atom stereocenters. The third kappa shape index (κ3) is 3.88. The monoisotopic (exact) mass is 264 g/mol. The van der Waals surface area contributed by atoms with Gasteiger partial charge >= 0.3 is 12.3 Å². The molecule has 0 aromatic carbocycles. The van der Waals surface area contributed by atoms with Crippen molar-refractivity contribution in [1.82, 2.24) is 4.98 Å². The first-order valence-electron chi connectivity index (χ1n) is 4.90. The Labute approximate surface area is 100 Å². The van der Waals surface area contributed by atoms with Gasteiger partial charge in [0.1, 0.15) is 0 Å². The molecule has 8 heteroatoms. The number of aryl methyl sites for hydroxylation is 1. The largest absolute Gasteiger partial charge is 0.574 e. The van der Waals surface area contributed by atoms with Crippen LogP contribution in [0.4, 0.5) is 13.2 Å². The Morgan fingerprint density at radius 2 is 2.17 bits per heavy atom. The van der Waals surface area contributed by atoms with Gasteiger partial charge in [-0.25, -0.2) is 4.98 Å². The summed E-state index contributed by atoms with van der Waals surface area (Å²) in [6.45, 7) is 1.15. The maximum absolute atomic E-state index is 12.2. The molecule has 1 heterocycles. The van der Waals surface area contributed by atoms with Gasteiger partial charge in [-0.3, -0.25) is 4.79 Å². The Kier molecular flexibility index (Phi) is 4.12. The number of rotatable bonds is 4. The average molecular weight is 264 g/mol. The van der Waals surface area contributed by atoms with Crippen molar-refractivity contribution in [1.29, 1.82) is 0 Å². The number of hydrogen-bond acceptors (Lipinski definition) is 4. The molecule has 1 rings (SSSR count). The molecule has 0 radical (unpaired) electrons. The van der Waals surface area contributed by atoms with E-state index in [-0.39, 0.29) is 23.4 Å². The van der Waals surface area contributed by atoms with E-state index < -0.39 is 24.6 Å².